The van der Waals surface area contributed by atoms with Gasteiger partial charge in [0.25, 0.3) is 0 Å². The topological polar surface area (TPSA) is 69.7 Å². The predicted octanol–water partition coefficient (Wildman–Crippen LogP) is 1.76. The first kappa shape index (κ1) is 20.5. The summed E-state index contributed by atoms with van der Waals surface area (Å²) < 4.78 is 23.4. The molecule has 29 heavy (non-hydrogen) atoms. The Kier molecular flexibility index (Phi) is 6.34. The zero-order valence-electron chi connectivity index (χ0n) is 16.4. The molecule has 6 nitrogen and oxygen atoms in total. The summed E-state index contributed by atoms with van der Waals surface area (Å²) in [6.45, 7) is 3.59. The number of sulfone groups is 1. The first-order valence-electron chi connectivity index (χ1n) is 10.0. The number of piperazine rings is 1. The van der Waals surface area contributed by atoms with E-state index in [9.17, 15) is 13.2 Å². The maximum Gasteiger partial charge on any atom is 0.234 e. The number of benzene rings is 1. The third-order valence-corrected chi connectivity index (χ3v) is 8.45. The smallest absolute Gasteiger partial charge is 0.234 e. The molecule has 2 saturated heterocycles. The monoisotopic (exact) mass is 433 g/mol. The molecule has 2 aromatic rings. The zero-order chi connectivity index (χ0) is 20.3. The fraction of sp³-hybridized carbons (Fsp3) is 0.476. The molecule has 2 atom stereocenters. The van der Waals surface area contributed by atoms with E-state index in [-0.39, 0.29) is 23.7 Å². The van der Waals surface area contributed by atoms with E-state index in [4.69, 9.17) is 0 Å². The molecule has 0 bridgehead atoms. The van der Waals surface area contributed by atoms with Crippen LogP contribution in [-0.4, -0.2) is 74.4 Å². The minimum absolute atomic E-state index is 0.0177. The van der Waals surface area contributed by atoms with Crippen molar-refractivity contribution in [2.24, 2.45) is 0 Å². The average Bonchev–Trinajstić information content (AvgIpc) is 3.37. The minimum atomic E-state index is -2.86. The van der Waals surface area contributed by atoms with Crippen LogP contribution in [0.5, 0.6) is 0 Å². The van der Waals surface area contributed by atoms with Crippen LogP contribution < -0.4 is 5.32 Å². The van der Waals surface area contributed by atoms with Crippen molar-refractivity contribution in [2.45, 2.75) is 18.5 Å². The van der Waals surface area contributed by atoms with Crippen LogP contribution in [0.4, 0.5) is 0 Å². The highest BCUT2D eigenvalue weighted by atomic mass is 32.2. The Morgan fingerprint density at radius 1 is 1.10 bits per heavy atom. The van der Waals surface area contributed by atoms with Crippen LogP contribution in [0.15, 0.2) is 47.8 Å². The molecule has 156 valence electrons. The molecule has 4 rings (SSSR count). The summed E-state index contributed by atoms with van der Waals surface area (Å²) in [7, 11) is -2.86. The predicted molar refractivity (Wildman–Crippen MR) is 116 cm³/mol. The minimum Gasteiger partial charge on any atom is -0.343 e. The molecule has 2 aliphatic heterocycles. The Hall–Kier alpha value is -1.74. The van der Waals surface area contributed by atoms with Crippen LogP contribution in [-0.2, 0) is 14.6 Å². The van der Waals surface area contributed by atoms with Crippen LogP contribution in [0.2, 0.25) is 0 Å². The third-order valence-electron chi connectivity index (χ3n) is 5.76. The zero-order valence-corrected chi connectivity index (χ0v) is 18.0. The number of carbonyl (C=O) groups excluding carboxylic acids is 1. The molecular formula is C21H27N3O3S2. The first-order chi connectivity index (χ1) is 14.0. The van der Waals surface area contributed by atoms with Gasteiger partial charge in [-0.15, -0.1) is 11.3 Å². The highest BCUT2D eigenvalue weighted by Crippen LogP contribution is 2.26. The van der Waals surface area contributed by atoms with E-state index in [1.807, 2.05) is 41.8 Å². The van der Waals surface area contributed by atoms with Gasteiger partial charge in [-0.1, -0.05) is 36.4 Å². The van der Waals surface area contributed by atoms with Gasteiger partial charge in [-0.25, -0.2) is 8.42 Å². The van der Waals surface area contributed by atoms with Crippen LogP contribution in [0.3, 0.4) is 0 Å². The van der Waals surface area contributed by atoms with Gasteiger partial charge in [0, 0.05) is 37.1 Å². The number of hydrogen-bond acceptors (Lipinski definition) is 6. The number of rotatable bonds is 6. The van der Waals surface area contributed by atoms with E-state index < -0.39 is 9.84 Å². The number of amides is 1. The first-order valence-corrected chi connectivity index (χ1v) is 12.7. The molecule has 8 heteroatoms. The summed E-state index contributed by atoms with van der Waals surface area (Å²) in [5.74, 6) is 0.612. The number of thiophene rings is 1. The fourth-order valence-corrected chi connectivity index (χ4v) is 6.74. The van der Waals surface area contributed by atoms with E-state index in [2.05, 4.69) is 21.2 Å². The SMILES string of the molecule is O=C(CN1CCN([C@@H]2CCS(=O)(=O)C2)CC1)N[C@@H](c1ccccc1)c1cccs1. The fourth-order valence-electron chi connectivity index (χ4n) is 4.18. The van der Waals surface area contributed by atoms with E-state index in [1.165, 1.54) is 0 Å². The third kappa shape index (κ3) is 5.25. The Balaban J connectivity index is 1.31. The molecule has 0 radical (unpaired) electrons. The highest BCUT2D eigenvalue weighted by molar-refractivity contribution is 7.91. The average molecular weight is 434 g/mol. The molecule has 0 spiro atoms. The molecule has 1 N–H and O–H groups in total. The Labute approximate surface area is 176 Å². The van der Waals surface area contributed by atoms with Crippen molar-refractivity contribution >= 4 is 27.1 Å². The second-order valence-corrected chi connectivity index (χ2v) is 11.0. The quantitative estimate of drug-likeness (QED) is 0.752. The van der Waals surface area contributed by atoms with Crippen molar-refractivity contribution < 1.29 is 13.2 Å². The molecule has 1 amide bonds. The lowest BCUT2D eigenvalue weighted by Crippen LogP contribution is -2.52. The normalized spacial score (nSPS) is 23.7. The van der Waals surface area contributed by atoms with Gasteiger partial charge >= 0.3 is 0 Å². The van der Waals surface area contributed by atoms with Crippen molar-refractivity contribution in [3.8, 4) is 0 Å². The van der Waals surface area contributed by atoms with Crippen LogP contribution in [0, 0.1) is 0 Å². The maximum atomic E-state index is 12.8. The number of hydrogen-bond donors (Lipinski definition) is 1. The standard InChI is InChI=1S/C21H27N3O3S2/c25-20(22-21(19-7-4-13-28-19)17-5-2-1-3-6-17)15-23-9-11-24(12-10-23)18-8-14-29(26,27)16-18/h1-7,13,18,21H,8-12,14-16H2,(H,22,25)/t18-,21+/m1/s1. The van der Waals surface area contributed by atoms with Crippen LogP contribution >= 0.6 is 11.3 Å². The largest absolute Gasteiger partial charge is 0.343 e. The van der Waals surface area contributed by atoms with E-state index >= 15 is 0 Å². The van der Waals surface area contributed by atoms with Gasteiger partial charge in [0.05, 0.1) is 24.1 Å². The molecule has 0 saturated carbocycles. The van der Waals surface area contributed by atoms with Gasteiger partial charge < -0.3 is 5.32 Å². The number of nitrogens with one attached hydrogen (secondary N) is 1. The van der Waals surface area contributed by atoms with Crippen LogP contribution in [0.25, 0.3) is 0 Å². The summed E-state index contributed by atoms with van der Waals surface area (Å²) in [4.78, 5) is 18.3. The van der Waals surface area contributed by atoms with E-state index in [0.717, 1.165) is 43.0 Å². The van der Waals surface area contributed by atoms with Gasteiger partial charge in [-0.2, -0.15) is 0 Å². The molecule has 2 fully saturated rings. The lowest BCUT2D eigenvalue weighted by molar-refractivity contribution is -0.123. The lowest BCUT2D eigenvalue weighted by atomic mass is 10.1. The summed E-state index contributed by atoms with van der Waals surface area (Å²) in [5.41, 5.74) is 1.08. The molecule has 1 aromatic heterocycles. The Bertz CT molecular complexity index is 908. The van der Waals surface area contributed by atoms with Gasteiger partial charge in [-0.05, 0) is 23.4 Å². The van der Waals surface area contributed by atoms with Crippen molar-refractivity contribution in [3.05, 3.63) is 58.3 Å². The van der Waals surface area contributed by atoms with Crippen molar-refractivity contribution in [2.75, 3.05) is 44.2 Å². The van der Waals surface area contributed by atoms with Crippen molar-refractivity contribution in [3.63, 3.8) is 0 Å². The Morgan fingerprint density at radius 2 is 1.86 bits per heavy atom. The summed E-state index contributed by atoms with van der Waals surface area (Å²) in [5, 5.41) is 5.22. The maximum absolute atomic E-state index is 12.8. The summed E-state index contributed by atoms with van der Waals surface area (Å²) in [6, 6.07) is 14.1. The van der Waals surface area contributed by atoms with Gasteiger partial charge in [0.1, 0.15) is 0 Å². The molecule has 0 aliphatic carbocycles. The molecule has 1 aromatic carbocycles. The van der Waals surface area contributed by atoms with Crippen LogP contribution in [0.1, 0.15) is 22.9 Å². The number of nitrogens with zero attached hydrogens (tertiary/aromatic N) is 2. The van der Waals surface area contributed by atoms with Crippen molar-refractivity contribution in [1.29, 1.82) is 0 Å². The van der Waals surface area contributed by atoms with Gasteiger partial charge in [0.15, 0.2) is 9.84 Å². The van der Waals surface area contributed by atoms with Gasteiger partial charge in [0.2, 0.25) is 5.91 Å². The Morgan fingerprint density at radius 3 is 2.48 bits per heavy atom. The summed E-state index contributed by atoms with van der Waals surface area (Å²) >= 11 is 1.64. The lowest BCUT2D eigenvalue weighted by Gasteiger charge is -2.37. The summed E-state index contributed by atoms with van der Waals surface area (Å²) in [6.07, 6.45) is 0.738. The molecular weight excluding hydrogens is 406 g/mol. The molecule has 0 unspecified atom stereocenters. The second kappa shape index (κ2) is 8.95. The van der Waals surface area contributed by atoms with E-state index in [0.29, 0.717) is 12.3 Å². The molecule has 3 heterocycles. The molecule has 2 aliphatic rings. The van der Waals surface area contributed by atoms with Crippen molar-refractivity contribution in [1.82, 2.24) is 15.1 Å². The highest BCUT2D eigenvalue weighted by Gasteiger charge is 2.34. The van der Waals surface area contributed by atoms with E-state index in [1.54, 1.807) is 11.3 Å². The number of carbonyl (C=O) groups is 1. The second-order valence-electron chi connectivity index (χ2n) is 7.80. The van der Waals surface area contributed by atoms with Gasteiger partial charge in [-0.3, -0.25) is 14.6 Å².